The van der Waals surface area contributed by atoms with Gasteiger partial charge in [0, 0.05) is 24.8 Å². The van der Waals surface area contributed by atoms with Crippen molar-refractivity contribution in [2.45, 2.75) is 6.54 Å². The van der Waals surface area contributed by atoms with E-state index in [1.54, 1.807) is 7.11 Å². The summed E-state index contributed by atoms with van der Waals surface area (Å²) in [6, 6.07) is 27.3. The van der Waals surface area contributed by atoms with Crippen molar-refractivity contribution in [1.29, 1.82) is 0 Å². The number of carbonyl (C=O) groups excluding carboxylic acids is 1. The highest BCUT2D eigenvalue weighted by atomic mass is 16.5. The summed E-state index contributed by atoms with van der Waals surface area (Å²) in [5.74, 6) is 0.697. The highest BCUT2D eigenvalue weighted by molar-refractivity contribution is 6.12. The van der Waals surface area contributed by atoms with Crippen LogP contribution in [0.2, 0.25) is 0 Å². The van der Waals surface area contributed by atoms with Crippen LogP contribution in [0.5, 0.6) is 0 Å². The van der Waals surface area contributed by atoms with Crippen LogP contribution in [-0.2, 0) is 11.3 Å². The summed E-state index contributed by atoms with van der Waals surface area (Å²) in [5.41, 5.74) is 4.82. The van der Waals surface area contributed by atoms with E-state index in [1.807, 2.05) is 83.3 Å². The first kappa shape index (κ1) is 18.3. The molecule has 0 saturated carbocycles. The number of benzene rings is 3. The first-order valence-corrected chi connectivity index (χ1v) is 9.93. The van der Waals surface area contributed by atoms with Gasteiger partial charge in [-0.05, 0) is 12.1 Å². The molecule has 0 spiro atoms. The molecule has 30 heavy (non-hydrogen) atoms. The van der Waals surface area contributed by atoms with Crippen molar-refractivity contribution in [3.63, 3.8) is 0 Å². The maximum atomic E-state index is 13.7. The minimum Gasteiger partial charge on any atom is -0.383 e. The third kappa shape index (κ3) is 2.91. The molecule has 0 aliphatic heterocycles. The number of para-hydroxylation sites is 2. The van der Waals surface area contributed by atoms with Gasteiger partial charge in [-0.15, -0.1) is 0 Å². The van der Waals surface area contributed by atoms with Gasteiger partial charge in [0.2, 0.25) is 11.6 Å². The minimum absolute atomic E-state index is 0.0448. The predicted molar refractivity (Wildman–Crippen MR) is 118 cm³/mol. The fourth-order valence-electron chi connectivity index (χ4n) is 3.94. The van der Waals surface area contributed by atoms with Gasteiger partial charge in [-0.3, -0.25) is 9.20 Å². The first-order valence-electron chi connectivity index (χ1n) is 9.93. The Morgan fingerprint density at radius 3 is 2.20 bits per heavy atom. The van der Waals surface area contributed by atoms with Gasteiger partial charge >= 0.3 is 0 Å². The second kappa shape index (κ2) is 7.61. The van der Waals surface area contributed by atoms with E-state index in [0.717, 1.165) is 22.4 Å². The molecule has 0 amide bonds. The van der Waals surface area contributed by atoms with Crippen molar-refractivity contribution < 1.29 is 9.53 Å². The Kier molecular flexibility index (Phi) is 4.65. The van der Waals surface area contributed by atoms with E-state index in [-0.39, 0.29) is 5.78 Å². The van der Waals surface area contributed by atoms with E-state index in [2.05, 4.69) is 10.6 Å². The van der Waals surface area contributed by atoms with Crippen LogP contribution in [0, 0.1) is 0 Å². The van der Waals surface area contributed by atoms with Crippen molar-refractivity contribution in [3.8, 4) is 11.3 Å². The lowest BCUT2D eigenvalue weighted by Gasteiger charge is -2.06. The SMILES string of the molecule is COCCn1c2ccccc2n2c(C(=O)c3ccccc3)c(-c3ccccc3)nc12. The van der Waals surface area contributed by atoms with Crippen LogP contribution in [0.4, 0.5) is 0 Å². The lowest BCUT2D eigenvalue weighted by Crippen LogP contribution is -2.06. The average Bonchev–Trinajstić information content (AvgIpc) is 3.33. The molecule has 5 nitrogen and oxygen atoms in total. The Morgan fingerprint density at radius 1 is 0.867 bits per heavy atom. The molecule has 0 radical (unpaired) electrons. The highest BCUT2D eigenvalue weighted by Crippen LogP contribution is 2.31. The second-order valence-corrected chi connectivity index (χ2v) is 7.14. The van der Waals surface area contributed by atoms with Crippen LogP contribution < -0.4 is 0 Å². The largest absolute Gasteiger partial charge is 0.383 e. The molecular formula is C25H21N3O2. The van der Waals surface area contributed by atoms with Gasteiger partial charge in [0.25, 0.3) is 0 Å². The number of hydrogen-bond acceptors (Lipinski definition) is 3. The topological polar surface area (TPSA) is 48.5 Å². The molecule has 0 bridgehead atoms. The number of ether oxygens (including phenoxy) is 1. The number of rotatable bonds is 6. The first-order chi connectivity index (χ1) is 14.8. The molecule has 0 fully saturated rings. The van der Waals surface area contributed by atoms with Crippen molar-refractivity contribution in [3.05, 3.63) is 96.2 Å². The van der Waals surface area contributed by atoms with Crippen LogP contribution in [0.15, 0.2) is 84.9 Å². The Morgan fingerprint density at radius 2 is 1.50 bits per heavy atom. The Balaban J connectivity index is 1.86. The van der Waals surface area contributed by atoms with E-state index in [4.69, 9.17) is 9.72 Å². The third-order valence-electron chi connectivity index (χ3n) is 5.33. The lowest BCUT2D eigenvalue weighted by atomic mass is 10.0. The van der Waals surface area contributed by atoms with Gasteiger partial charge in [-0.25, -0.2) is 4.98 Å². The molecule has 148 valence electrons. The molecule has 0 unspecified atom stereocenters. The zero-order valence-corrected chi connectivity index (χ0v) is 16.7. The normalized spacial score (nSPS) is 11.4. The average molecular weight is 395 g/mol. The standard InChI is InChI=1S/C25H21N3O2/c1-30-17-16-27-20-14-8-9-15-21(20)28-23(24(29)19-12-6-3-7-13-19)22(26-25(27)28)18-10-4-2-5-11-18/h2-15H,16-17H2,1H3. The van der Waals surface area contributed by atoms with E-state index < -0.39 is 0 Å². The summed E-state index contributed by atoms with van der Waals surface area (Å²) in [5, 5.41) is 0. The van der Waals surface area contributed by atoms with Crippen molar-refractivity contribution in [2.24, 2.45) is 0 Å². The van der Waals surface area contributed by atoms with Crippen LogP contribution >= 0.6 is 0 Å². The van der Waals surface area contributed by atoms with E-state index in [1.165, 1.54) is 0 Å². The smallest absolute Gasteiger partial charge is 0.216 e. The van der Waals surface area contributed by atoms with Crippen molar-refractivity contribution in [2.75, 3.05) is 13.7 Å². The molecule has 2 aromatic heterocycles. The maximum Gasteiger partial charge on any atom is 0.216 e. The molecule has 3 aromatic carbocycles. The molecule has 5 aromatic rings. The molecule has 0 saturated heterocycles. The summed E-state index contributed by atoms with van der Waals surface area (Å²) >= 11 is 0. The van der Waals surface area contributed by atoms with E-state index >= 15 is 0 Å². The molecule has 0 aliphatic carbocycles. The number of methoxy groups -OCH3 is 1. The quantitative estimate of drug-likeness (QED) is 0.387. The van der Waals surface area contributed by atoms with Gasteiger partial charge in [0.15, 0.2) is 0 Å². The molecule has 0 N–H and O–H groups in total. The zero-order chi connectivity index (χ0) is 20.5. The molecule has 0 aliphatic rings. The van der Waals surface area contributed by atoms with Gasteiger partial charge in [0.05, 0.1) is 17.6 Å². The third-order valence-corrected chi connectivity index (χ3v) is 5.33. The molecule has 5 heteroatoms. The van der Waals surface area contributed by atoms with Crippen molar-refractivity contribution in [1.82, 2.24) is 14.0 Å². The summed E-state index contributed by atoms with van der Waals surface area (Å²) in [4.78, 5) is 18.7. The fraction of sp³-hybridized carbons (Fsp3) is 0.120. The second-order valence-electron chi connectivity index (χ2n) is 7.14. The Hall–Kier alpha value is -3.70. The molecule has 5 rings (SSSR count). The summed E-state index contributed by atoms with van der Waals surface area (Å²) < 4.78 is 9.43. The monoisotopic (exact) mass is 395 g/mol. The minimum atomic E-state index is -0.0448. The van der Waals surface area contributed by atoms with Crippen LogP contribution in [0.1, 0.15) is 16.1 Å². The van der Waals surface area contributed by atoms with Crippen molar-refractivity contribution >= 4 is 22.6 Å². The summed E-state index contributed by atoms with van der Waals surface area (Å²) in [6.07, 6.45) is 0. The number of hydrogen-bond donors (Lipinski definition) is 0. The number of fused-ring (bicyclic) bond motifs is 3. The maximum absolute atomic E-state index is 13.7. The number of ketones is 1. The van der Waals surface area contributed by atoms with E-state index in [0.29, 0.717) is 30.1 Å². The van der Waals surface area contributed by atoms with Gasteiger partial charge in [-0.1, -0.05) is 72.8 Å². The van der Waals surface area contributed by atoms with Gasteiger partial charge < -0.3 is 9.30 Å². The van der Waals surface area contributed by atoms with Crippen LogP contribution in [0.25, 0.3) is 28.1 Å². The number of imidazole rings is 2. The lowest BCUT2D eigenvalue weighted by molar-refractivity contribution is 0.103. The van der Waals surface area contributed by atoms with Gasteiger partial charge in [0.1, 0.15) is 11.4 Å². The summed E-state index contributed by atoms with van der Waals surface area (Å²) in [6.45, 7) is 1.21. The number of aromatic nitrogens is 3. The van der Waals surface area contributed by atoms with Crippen LogP contribution in [-0.4, -0.2) is 33.5 Å². The number of nitrogens with zero attached hydrogens (tertiary/aromatic N) is 3. The Labute approximate surface area is 174 Å². The van der Waals surface area contributed by atoms with Gasteiger partial charge in [-0.2, -0.15) is 0 Å². The predicted octanol–water partition coefficient (Wildman–Crippen LogP) is 4.83. The highest BCUT2D eigenvalue weighted by Gasteiger charge is 2.26. The molecule has 0 atom stereocenters. The van der Waals surface area contributed by atoms with E-state index in [9.17, 15) is 4.79 Å². The fourth-order valence-corrected chi connectivity index (χ4v) is 3.94. The molecule has 2 heterocycles. The zero-order valence-electron chi connectivity index (χ0n) is 16.7. The summed E-state index contributed by atoms with van der Waals surface area (Å²) in [7, 11) is 1.69. The van der Waals surface area contributed by atoms with Crippen LogP contribution in [0.3, 0.4) is 0 Å². The molecular weight excluding hydrogens is 374 g/mol. The number of carbonyl (C=O) groups is 1. The Bertz CT molecular complexity index is 1330.